The van der Waals surface area contributed by atoms with Gasteiger partial charge >= 0.3 is 0 Å². The SMILES string of the molecule is CC(CO)CNC(=O)C1CCCCC1CN. The molecule has 3 atom stereocenters. The Bertz CT molecular complexity index is 221. The molecule has 1 rings (SSSR count). The average molecular weight is 228 g/mol. The monoisotopic (exact) mass is 228 g/mol. The molecule has 16 heavy (non-hydrogen) atoms. The molecule has 0 aromatic heterocycles. The predicted molar refractivity (Wildman–Crippen MR) is 63.8 cm³/mol. The molecule has 4 nitrogen and oxygen atoms in total. The maximum atomic E-state index is 11.9. The minimum absolute atomic E-state index is 0.0876. The summed E-state index contributed by atoms with van der Waals surface area (Å²) in [6, 6.07) is 0. The number of aliphatic hydroxyl groups is 1. The summed E-state index contributed by atoms with van der Waals surface area (Å²) in [7, 11) is 0. The maximum Gasteiger partial charge on any atom is 0.223 e. The number of carbonyl (C=O) groups is 1. The number of hydrogen-bond acceptors (Lipinski definition) is 3. The Morgan fingerprint density at radius 2 is 2.19 bits per heavy atom. The summed E-state index contributed by atoms with van der Waals surface area (Å²) in [5, 5.41) is 11.8. The molecule has 1 aliphatic rings. The van der Waals surface area contributed by atoms with Crippen LogP contribution in [-0.2, 0) is 4.79 Å². The summed E-state index contributed by atoms with van der Waals surface area (Å²) >= 11 is 0. The molecular weight excluding hydrogens is 204 g/mol. The van der Waals surface area contributed by atoms with Crippen LogP contribution >= 0.6 is 0 Å². The Morgan fingerprint density at radius 1 is 1.50 bits per heavy atom. The van der Waals surface area contributed by atoms with E-state index in [-0.39, 0.29) is 24.3 Å². The number of aliphatic hydroxyl groups excluding tert-OH is 1. The summed E-state index contributed by atoms with van der Waals surface area (Å²) in [5.41, 5.74) is 5.69. The number of nitrogens with two attached hydrogens (primary N) is 1. The maximum absolute atomic E-state index is 11.9. The molecule has 1 fully saturated rings. The van der Waals surface area contributed by atoms with Gasteiger partial charge in [0.2, 0.25) is 5.91 Å². The fourth-order valence-corrected chi connectivity index (χ4v) is 2.31. The molecular formula is C12H24N2O2. The predicted octanol–water partition coefficient (Wildman–Crippen LogP) is 0.496. The van der Waals surface area contributed by atoms with Gasteiger partial charge in [-0.05, 0) is 31.2 Å². The lowest BCUT2D eigenvalue weighted by Gasteiger charge is -2.29. The number of nitrogens with one attached hydrogen (secondary N) is 1. The lowest BCUT2D eigenvalue weighted by Crippen LogP contribution is -2.41. The lowest BCUT2D eigenvalue weighted by atomic mass is 9.78. The van der Waals surface area contributed by atoms with E-state index in [0.29, 0.717) is 19.0 Å². The summed E-state index contributed by atoms with van der Waals surface area (Å²) in [4.78, 5) is 11.9. The van der Waals surface area contributed by atoms with Gasteiger partial charge in [-0.3, -0.25) is 4.79 Å². The summed E-state index contributed by atoms with van der Waals surface area (Å²) in [6.07, 6.45) is 4.36. The van der Waals surface area contributed by atoms with Crippen molar-refractivity contribution in [1.29, 1.82) is 0 Å². The molecule has 0 aromatic rings. The van der Waals surface area contributed by atoms with Crippen LogP contribution in [0.5, 0.6) is 0 Å². The van der Waals surface area contributed by atoms with E-state index in [1.807, 2.05) is 6.92 Å². The normalized spacial score (nSPS) is 27.4. The van der Waals surface area contributed by atoms with Crippen LogP contribution in [0.15, 0.2) is 0 Å². The lowest BCUT2D eigenvalue weighted by molar-refractivity contribution is -0.127. The van der Waals surface area contributed by atoms with Gasteiger partial charge in [0.05, 0.1) is 0 Å². The minimum atomic E-state index is 0.0876. The molecule has 0 aromatic carbocycles. The molecule has 0 bridgehead atoms. The third kappa shape index (κ3) is 3.76. The standard InChI is InChI=1S/C12H24N2O2/c1-9(8-15)7-14-12(16)11-5-3-2-4-10(11)6-13/h9-11,15H,2-8,13H2,1H3,(H,14,16). The van der Waals surface area contributed by atoms with Crippen molar-refractivity contribution in [1.82, 2.24) is 5.32 Å². The van der Waals surface area contributed by atoms with Crippen LogP contribution in [0, 0.1) is 17.8 Å². The zero-order valence-corrected chi connectivity index (χ0v) is 10.1. The van der Waals surface area contributed by atoms with E-state index in [9.17, 15) is 4.79 Å². The second-order valence-corrected chi connectivity index (χ2v) is 4.92. The highest BCUT2D eigenvalue weighted by molar-refractivity contribution is 5.79. The first kappa shape index (κ1) is 13.5. The van der Waals surface area contributed by atoms with Gasteiger partial charge < -0.3 is 16.2 Å². The van der Waals surface area contributed by atoms with Gasteiger partial charge in [0.1, 0.15) is 0 Å². The van der Waals surface area contributed by atoms with Crippen molar-refractivity contribution in [3.63, 3.8) is 0 Å². The highest BCUT2D eigenvalue weighted by atomic mass is 16.3. The van der Waals surface area contributed by atoms with Crippen LogP contribution < -0.4 is 11.1 Å². The Labute approximate surface area is 97.6 Å². The molecule has 1 amide bonds. The third-order valence-electron chi connectivity index (χ3n) is 3.49. The Morgan fingerprint density at radius 3 is 2.81 bits per heavy atom. The van der Waals surface area contributed by atoms with E-state index in [1.54, 1.807) is 0 Å². The van der Waals surface area contributed by atoms with E-state index >= 15 is 0 Å². The summed E-state index contributed by atoms with van der Waals surface area (Å²) < 4.78 is 0. The zero-order chi connectivity index (χ0) is 12.0. The van der Waals surface area contributed by atoms with Gasteiger partial charge in [-0.25, -0.2) is 0 Å². The number of rotatable bonds is 5. The van der Waals surface area contributed by atoms with Crippen molar-refractivity contribution >= 4 is 5.91 Å². The molecule has 0 aliphatic heterocycles. The topological polar surface area (TPSA) is 75.3 Å². The van der Waals surface area contributed by atoms with E-state index in [1.165, 1.54) is 6.42 Å². The fourth-order valence-electron chi connectivity index (χ4n) is 2.31. The highest BCUT2D eigenvalue weighted by Crippen LogP contribution is 2.29. The smallest absolute Gasteiger partial charge is 0.223 e. The van der Waals surface area contributed by atoms with Crippen molar-refractivity contribution in [2.45, 2.75) is 32.6 Å². The minimum Gasteiger partial charge on any atom is -0.396 e. The van der Waals surface area contributed by atoms with Gasteiger partial charge in [0.15, 0.2) is 0 Å². The third-order valence-corrected chi connectivity index (χ3v) is 3.49. The average Bonchev–Trinajstić information content (AvgIpc) is 2.35. The molecule has 1 saturated carbocycles. The largest absolute Gasteiger partial charge is 0.396 e. The van der Waals surface area contributed by atoms with Gasteiger partial charge in [-0.2, -0.15) is 0 Å². The second-order valence-electron chi connectivity index (χ2n) is 4.92. The molecule has 3 unspecified atom stereocenters. The second kappa shape index (κ2) is 6.86. The van der Waals surface area contributed by atoms with Crippen molar-refractivity contribution in [3.8, 4) is 0 Å². The fraction of sp³-hybridized carbons (Fsp3) is 0.917. The Balaban J connectivity index is 2.38. The Hall–Kier alpha value is -0.610. The molecule has 0 radical (unpaired) electrons. The molecule has 0 spiro atoms. The van der Waals surface area contributed by atoms with E-state index in [4.69, 9.17) is 10.8 Å². The van der Waals surface area contributed by atoms with Gasteiger partial charge in [0, 0.05) is 19.1 Å². The van der Waals surface area contributed by atoms with Crippen molar-refractivity contribution in [2.75, 3.05) is 19.7 Å². The van der Waals surface area contributed by atoms with Gasteiger partial charge in [-0.15, -0.1) is 0 Å². The molecule has 0 heterocycles. The van der Waals surface area contributed by atoms with Gasteiger partial charge in [0.25, 0.3) is 0 Å². The van der Waals surface area contributed by atoms with Crippen LogP contribution in [0.4, 0.5) is 0 Å². The molecule has 4 N–H and O–H groups in total. The molecule has 1 aliphatic carbocycles. The van der Waals surface area contributed by atoms with E-state index < -0.39 is 0 Å². The molecule has 94 valence electrons. The first-order chi connectivity index (χ1) is 7.69. The van der Waals surface area contributed by atoms with Crippen LogP contribution in [0.3, 0.4) is 0 Å². The van der Waals surface area contributed by atoms with Crippen molar-refractivity contribution < 1.29 is 9.90 Å². The van der Waals surface area contributed by atoms with Crippen LogP contribution in [0.1, 0.15) is 32.6 Å². The Kier molecular flexibility index (Phi) is 5.77. The zero-order valence-electron chi connectivity index (χ0n) is 10.1. The van der Waals surface area contributed by atoms with E-state index in [0.717, 1.165) is 19.3 Å². The van der Waals surface area contributed by atoms with Crippen molar-refractivity contribution in [2.24, 2.45) is 23.5 Å². The van der Waals surface area contributed by atoms with Gasteiger partial charge in [-0.1, -0.05) is 19.8 Å². The molecule has 0 saturated heterocycles. The summed E-state index contributed by atoms with van der Waals surface area (Å²) in [6.45, 7) is 3.20. The van der Waals surface area contributed by atoms with Crippen LogP contribution in [-0.4, -0.2) is 30.7 Å². The first-order valence-corrected chi connectivity index (χ1v) is 6.27. The summed E-state index contributed by atoms with van der Waals surface area (Å²) in [5.74, 6) is 0.683. The quantitative estimate of drug-likeness (QED) is 0.641. The number of amides is 1. The highest BCUT2D eigenvalue weighted by Gasteiger charge is 2.29. The first-order valence-electron chi connectivity index (χ1n) is 6.27. The van der Waals surface area contributed by atoms with Crippen molar-refractivity contribution in [3.05, 3.63) is 0 Å². The number of hydrogen-bond donors (Lipinski definition) is 3. The van der Waals surface area contributed by atoms with Crippen LogP contribution in [0.2, 0.25) is 0 Å². The number of carbonyl (C=O) groups excluding carboxylic acids is 1. The molecule has 4 heteroatoms. The van der Waals surface area contributed by atoms with E-state index in [2.05, 4.69) is 5.32 Å². The van der Waals surface area contributed by atoms with Crippen LogP contribution in [0.25, 0.3) is 0 Å².